The second-order valence-electron chi connectivity index (χ2n) is 8.98. The molecule has 1 fully saturated rings. The highest BCUT2D eigenvalue weighted by atomic mass is 32.2. The second-order valence-corrected chi connectivity index (χ2v) is 10.7. The Balaban J connectivity index is 1.29. The molecule has 0 amide bonds. The predicted molar refractivity (Wildman–Crippen MR) is 130 cm³/mol. The third-order valence-corrected chi connectivity index (χ3v) is 7.98. The van der Waals surface area contributed by atoms with Crippen LogP contribution in [-0.2, 0) is 26.7 Å². The third-order valence-electron chi connectivity index (χ3n) is 6.54. The van der Waals surface area contributed by atoms with Crippen molar-refractivity contribution in [2.45, 2.75) is 35.7 Å². The Morgan fingerprint density at radius 1 is 1.06 bits per heavy atom. The fraction of sp³-hybridized carbons (Fsp3) is 0.308. The predicted octanol–water partition coefficient (Wildman–Crippen LogP) is 1.95. The first-order chi connectivity index (χ1) is 17.3. The van der Waals surface area contributed by atoms with Crippen molar-refractivity contribution in [1.29, 1.82) is 0 Å². The molecule has 3 aromatic rings. The molecule has 3 N–H and O–H groups in total. The summed E-state index contributed by atoms with van der Waals surface area (Å²) >= 11 is 0. The monoisotopic (exact) mass is 510 g/mol. The zero-order valence-electron chi connectivity index (χ0n) is 19.4. The van der Waals surface area contributed by atoms with Crippen LogP contribution in [0.1, 0.15) is 24.1 Å². The normalized spacial score (nSPS) is 16.5. The number of nitrogens with one attached hydrogen (secondary N) is 1. The molecular weight excluding hydrogens is 484 g/mol. The molecule has 1 unspecified atom stereocenters. The number of aromatic nitrogens is 1. The van der Waals surface area contributed by atoms with E-state index in [2.05, 4.69) is 9.71 Å². The first-order valence-electron chi connectivity index (χ1n) is 11.6. The van der Waals surface area contributed by atoms with Crippen LogP contribution in [0.3, 0.4) is 0 Å². The molecule has 2 aliphatic rings. The van der Waals surface area contributed by atoms with E-state index in [1.165, 1.54) is 12.1 Å². The molecule has 1 saturated carbocycles. The van der Waals surface area contributed by atoms with E-state index in [0.29, 0.717) is 28.5 Å². The minimum absolute atomic E-state index is 0.0297. The molecule has 1 aliphatic carbocycles. The summed E-state index contributed by atoms with van der Waals surface area (Å²) in [6.45, 7) is -0.636. The van der Waals surface area contributed by atoms with Crippen LogP contribution < -0.4 is 14.2 Å². The van der Waals surface area contributed by atoms with Gasteiger partial charge in [0.15, 0.2) is 11.5 Å². The highest BCUT2D eigenvalue weighted by Gasteiger charge is 2.51. The molecule has 0 saturated heterocycles. The number of rotatable bonds is 10. The molecule has 1 aliphatic heterocycles. The maximum Gasteiger partial charge on any atom is 0.240 e. The maximum absolute atomic E-state index is 13.3. The van der Waals surface area contributed by atoms with Gasteiger partial charge in [0.05, 0.1) is 28.7 Å². The Bertz CT molecular complexity index is 1390. The van der Waals surface area contributed by atoms with Crippen LogP contribution >= 0.6 is 0 Å². The van der Waals surface area contributed by atoms with E-state index in [0.717, 1.165) is 18.4 Å². The van der Waals surface area contributed by atoms with Crippen molar-refractivity contribution in [2.24, 2.45) is 0 Å². The SMILES string of the molecule is O=C(Cc1cccc(-c2ccc(S(=O)(=O)NCC(O)CO)cc2)n1)C1(c2ccc3c(c2)OCO3)CC1. The van der Waals surface area contributed by atoms with Gasteiger partial charge in [0.1, 0.15) is 5.78 Å². The molecule has 0 radical (unpaired) electrons. The molecule has 9 nitrogen and oxygen atoms in total. The lowest BCUT2D eigenvalue weighted by Crippen LogP contribution is -2.33. The van der Waals surface area contributed by atoms with Gasteiger partial charge in [0, 0.05) is 24.2 Å². The van der Waals surface area contributed by atoms with Gasteiger partial charge in [-0.1, -0.05) is 24.3 Å². The fourth-order valence-corrected chi connectivity index (χ4v) is 5.35. The molecule has 2 heterocycles. The van der Waals surface area contributed by atoms with Crippen molar-refractivity contribution in [3.63, 3.8) is 0 Å². The summed E-state index contributed by atoms with van der Waals surface area (Å²) in [5.74, 6) is 1.45. The average Bonchev–Trinajstić information content (AvgIpc) is 3.58. The number of nitrogens with zero attached hydrogens (tertiary/aromatic N) is 1. The number of carbonyl (C=O) groups excluding carboxylic acids is 1. The number of hydrogen-bond acceptors (Lipinski definition) is 8. The number of aliphatic hydroxyl groups is 2. The molecular formula is C26H26N2O7S. The van der Waals surface area contributed by atoms with Crippen molar-refractivity contribution in [3.05, 3.63) is 71.9 Å². The molecule has 10 heteroatoms. The van der Waals surface area contributed by atoms with Crippen molar-refractivity contribution < 1.29 is 32.9 Å². The minimum atomic E-state index is -3.83. The number of fused-ring (bicyclic) bond motifs is 1. The van der Waals surface area contributed by atoms with Gasteiger partial charge in [-0.2, -0.15) is 0 Å². The summed E-state index contributed by atoms with van der Waals surface area (Å²) in [4.78, 5) is 18.0. The maximum atomic E-state index is 13.3. The van der Waals surface area contributed by atoms with E-state index in [-0.39, 0.29) is 30.4 Å². The first-order valence-corrected chi connectivity index (χ1v) is 13.1. The van der Waals surface area contributed by atoms with Crippen LogP contribution in [0.4, 0.5) is 0 Å². The third kappa shape index (κ3) is 4.85. The van der Waals surface area contributed by atoms with E-state index in [9.17, 15) is 18.3 Å². The van der Waals surface area contributed by atoms with E-state index in [1.807, 2.05) is 30.3 Å². The van der Waals surface area contributed by atoms with Gasteiger partial charge in [0.25, 0.3) is 0 Å². The van der Waals surface area contributed by atoms with Crippen LogP contribution in [0.25, 0.3) is 11.3 Å². The summed E-state index contributed by atoms with van der Waals surface area (Å²) in [5.41, 5.74) is 2.38. The summed E-state index contributed by atoms with van der Waals surface area (Å²) in [6.07, 6.45) is 0.578. The highest BCUT2D eigenvalue weighted by Crippen LogP contribution is 2.51. The van der Waals surface area contributed by atoms with Gasteiger partial charge in [-0.25, -0.2) is 13.1 Å². The summed E-state index contributed by atoms with van der Waals surface area (Å²) < 4.78 is 37.9. The quantitative estimate of drug-likeness (QED) is 0.377. The van der Waals surface area contributed by atoms with Gasteiger partial charge in [-0.05, 0) is 54.8 Å². The highest BCUT2D eigenvalue weighted by molar-refractivity contribution is 7.89. The lowest BCUT2D eigenvalue weighted by molar-refractivity contribution is -0.120. The number of ketones is 1. The van der Waals surface area contributed by atoms with Gasteiger partial charge in [-0.15, -0.1) is 0 Å². The van der Waals surface area contributed by atoms with Crippen LogP contribution in [0.5, 0.6) is 11.5 Å². The van der Waals surface area contributed by atoms with E-state index in [4.69, 9.17) is 14.6 Å². The Morgan fingerprint density at radius 3 is 2.53 bits per heavy atom. The molecule has 0 spiro atoms. The number of carbonyl (C=O) groups is 1. The van der Waals surface area contributed by atoms with Crippen molar-refractivity contribution in [1.82, 2.24) is 9.71 Å². The standard InChI is InChI=1S/C26H26N2O7S/c29-15-20(30)14-27-36(32,33)21-7-4-17(5-8-21)22-3-1-2-19(28-22)13-25(31)26(10-11-26)18-6-9-23-24(12-18)35-16-34-23/h1-9,12,20,27,29-30H,10-11,13-16H2. The zero-order chi connectivity index (χ0) is 25.3. The molecule has 2 aromatic carbocycles. The van der Waals surface area contributed by atoms with Crippen molar-refractivity contribution in [2.75, 3.05) is 19.9 Å². The number of ether oxygens (including phenoxy) is 2. The van der Waals surface area contributed by atoms with Crippen LogP contribution in [0, 0.1) is 0 Å². The number of Topliss-reactive ketones (excluding diaryl/α,β-unsaturated/α-hetero) is 1. The number of benzene rings is 2. The number of pyridine rings is 1. The molecule has 188 valence electrons. The average molecular weight is 511 g/mol. The Labute approximate surface area is 208 Å². The van der Waals surface area contributed by atoms with E-state index in [1.54, 1.807) is 18.2 Å². The summed E-state index contributed by atoms with van der Waals surface area (Å²) in [5, 5.41) is 18.2. The van der Waals surface area contributed by atoms with Gasteiger partial charge in [0.2, 0.25) is 16.8 Å². The minimum Gasteiger partial charge on any atom is -0.454 e. The summed E-state index contributed by atoms with van der Waals surface area (Å²) in [7, 11) is -3.83. The Hall–Kier alpha value is -3.31. The van der Waals surface area contributed by atoms with Crippen LogP contribution in [-0.4, -0.2) is 55.4 Å². The number of aliphatic hydroxyl groups excluding tert-OH is 2. The molecule has 5 rings (SSSR count). The van der Waals surface area contributed by atoms with Crippen molar-refractivity contribution in [3.8, 4) is 22.8 Å². The van der Waals surface area contributed by atoms with Gasteiger partial charge in [-0.3, -0.25) is 9.78 Å². The van der Waals surface area contributed by atoms with Crippen LogP contribution in [0.15, 0.2) is 65.6 Å². The first kappa shape index (κ1) is 24.4. The van der Waals surface area contributed by atoms with Crippen LogP contribution in [0.2, 0.25) is 0 Å². The van der Waals surface area contributed by atoms with E-state index < -0.39 is 28.1 Å². The second kappa shape index (κ2) is 9.62. The number of sulfonamides is 1. The van der Waals surface area contributed by atoms with E-state index >= 15 is 0 Å². The Kier molecular flexibility index (Phi) is 6.52. The zero-order valence-corrected chi connectivity index (χ0v) is 20.2. The lowest BCUT2D eigenvalue weighted by Gasteiger charge is -2.15. The topological polar surface area (TPSA) is 135 Å². The van der Waals surface area contributed by atoms with Gasteiger partial charge < -0.3 is 19.7 Å². The molecule has 1 aromatic heterocycles. The molecule has 1 atom stereocenters. The fourth-order valence-electron chi connectivity index (χ4n) is 4.28. The van der Waals surface area contributed by atoms with Crippen molar-refractivity contribution >= 4 is 15.8 Å². The smallest absolute Gasteiger partial charge is 0.240 e. The molecule has 0 bridgehead atoms. The molecule has 36 heavy (non-hydrogen) atoms. The van der Waals surface area contributed by atoms with Gasteiger partial charge >= 0.3 is 0 Å². The Morgan fingerprint density at radius 2 is 1.81 bits per heavy atom. The summed E-state index contributed by atoms with van der Waals surface area (Å²) in [6, 6.07) is 17.3. The lowest BCUT2D eigenvalue weighted by atomic mass is 9.88. The largest absolute Gasteiger partial charge is 0.454 e. The number of hydrogen-bond donors (Lipinski definition) is 3.